The first kappa shape index (κ1) is 6.58. The lowest BCUT2D eigenvalue weighted by atomic mass is 10.1. The van der Waals surface area contributed by atoms with Gasteiger partial charge in [0.15, 0.2) is 0 Å². The second-order valence-electron chi connectivity index (χ2n) is 3.27. The molecular weight excluding hydrogens is 128 g/mol. The van der Waals surface area contributed by atoms with Crippen molar-refractivity contribution < 1.29 is 5.21 Å². The molecule has 3 nitrogen and oxygen atoms in total. The molecule has 0 saturated carbocycles. The first-order valence-corrected chi connectivity index (χ1v) is 4.05. The van der Waals surface area contributed by atoms with Crippen molar-refractivity contribution in [2.24, 2.45) is 0 Å². The number of hydroxylamine groups is 1. The molecule has 2 saturated heterocycles. The number of nitrogens with zero attached hydrogens (tertiary/aromatic N) is 1. The first-order valence-electron chi connectivity index (χ1n) is 4.05. The Hall–Kier alpha value is -0.120. The Labute approximate surface area is 61.0 Å². The Morgan fingerprint density at radius 3 is 3.00 bits per heavy atom. The molecule has 0 radical (unpaired) electrons. The lowest BCUT2D eigenvalue weighted by Gasteiger charge is -2.17. The number of nitrogens with one attached hydrogen (secondary N) is 1. The molecule has 2 atom stereocenters. The highest BCUT2D eigenvalue weighted by Crippen LogP contribution is 2.27. The minimum Gasteiger partial charge on any atom is -0.316 e. The van der Waals surface area contributed by atoms with E-state index in [2.05, 4.69) is 10.4 Å². The average Bonchev–Trinajstić information content (AvgIpc) is 2.44. The van der Waals surface area contributed by atoms with E-state index in [0.29, 0.717) is 12.1 Å². The van der Waals surface area contributed by atoms with Crippen LogP contribution >= 0.6 is 0 Å². The zero-order valence-electron chi connectivity index (χ0n) is 6.08. The zero-order chi connectivity index (χ0) is 6.97. The van der Waals surface area contributed by atoms with Crippen molar-refractivity contribution in [1.82, 2.24) is 10.4 Å². The van der Waals surface area contributed by atoms with Crippen LogP contribution in [0.4, 0.5) is 0 Å². The van der Waals surface area contributed by atoms with E-state index < -0.39 is 0 Å². The third-order valence-electron chi connectivity index (χ3n) is 2.77. The van der Waals surface area contributed by atoms with E-state index in [0.717, 1.165) is 6.42 Å². The highest BCUT2D eigenvalue weighted by molar-refractivity contribution is 4.93. The van der Waals surface area contributed by atoms with E-state index in [-0.39, 0.29) is 0 Å². The van der Waals surface area contributed by atoms with Crippen molar-refractivity contribution in [3.63, 3.8) is 0 Å². The Balaban J connectivity index is 2.01. The second kappa shape index (κ2) is 2.49. The number of hydrogen-bond acceptors (Lipinski definition) is 3. The van der Waals surface area contributed by atoms with Crippen molar-refractivity contribution in [2.75, 3.05) is 13.1 Å². The predicted octanol–water partition coefficient (Wildman–Crippen LogP) is 0.202. The first-order chi connectivity index (χ1) is 4.92. The Bertz CT molecular complexity index is 129. The summed E-state index contributed by atoms with van der Waals surface area (Å²) in [6.45, 7) is 2.41. The summed E-state index contributed by atoms with van der Waals surface area (Å²) in [5.41, 5.74) is 2.39. The topological polar surface area (TPSA) is 35.5 Å². The summed E-state index contributed by atoms with van der Waals surface area (Å²) < 4.78 is 0. The molecule has 0 aromatic rings. The van der Waals surface area contributed by atoms with Crippen molar-refractivity contribution in [1.29, 1.82) is 0 Å². The maximum absolute atomic E-state index is 8.74. The quantitative estimate of drug-likeness (QED) is 0.513. The third-order valence-corrected chi connectivity index (χ3v) is 2.77. The standard InChI is InChI=1S/C7H14N2O/c10-8-6-3-5-9-4-1-2-7(6)9/h6-8,10H,1-5H2. The van der Waals surface area contributed by atoms with Gasteiger partial charge >= 0.3 is 0 Å². The minimum atomic E-state index is 0.350. The largest absolute Gasteiger partial charge is 0.316 e. The predicted molar refractivity (Wildman–Crippen MR) is 37.9 cm³/mol. The fraction of sp³-hybridized carbons (Fsp3) is 1.00. The molecule has 2 rings (SSSR count). The van der Waals surface area contributed by atoms with Crippen LogP contribution < -0.4 is 5.48 Å². The number of fused-ring (bicyclic) bond motifs is 1. The summed E-state index contributed by atoms with van der Waals surface area (Å²) in [7, 11) is 0. The molecule has 0 aliphatic carbocycles. The summed E-state index contributed by atoms with van der Waals surface area (Å²) in [5, 5.41) is 8.74. The van der Waals surface area contributed by atoms with E-state index in [1.165, 1.54) is 25.9 Å². The fourth-order valence-electron chi connectivity index (χ4n) is 2.23. The number of rotatable bonds is 1. The van der Waals surface area contributed by atoms with Crippen molar-refractivity contribution in [3.8, 4) is 0 Å². The molecule has 2 unspecified atom stereocenters. The van der Waals surface area contributed by atoms with Gasteiger partial charge in [-0.05, 0) is 25.8 Å². The lowest BCUT2D eigenvalue weighted by molar-refractivity contribution is 0.110. The summed E-state index contributed by atoms with van der Waals surface area (Å²) >= 11 is 0. The lowest BCUT2D eigenvalue weighted by Crippen LogP contribution is -2.37. The molecule has 3 heteroatoms. The molecule has 2 aliphatic rings. The van der Waals surface area contributed by atoms with Gasteiger partial charge in [0, 0.05) is 18.6 Å². The van der Waals surface area contributed by atoms with Gasteiger partial charge in [-0.25, -0.2) is 5.48 Å². The van der Waals surface area contributed by atoms with Gasteiger partial charge < -0.3 is 5.21 Å². The molecule has 0 aromatic carbocycles. The molecule has 2 N–H and O–H groups in total. The van der Waals surface area contributed by atoms with Gasteiger partial charge in [-0.3, -0.25) is 4.90 Å². The maximum Gasteiger partial charge on any atom is 0.0487 e. The molecule has 0 spiro atoms. The Morgan fingerprint density at radius 2 is 2.20 bits per heavy atom. The number of hydrogen-bond donors (Lipinski definition) is 2. The van der Waals surface area contributed by atoms with Crippen molar-refractivity contribution >= 4 is 0 Å². The van der Waals surface area contributed by atoms with Gasteiger partial charge in [-0.1, -0.05) is 0 Å². The van der Waals surface area contributed by atoms with Gasteiger partial charge in [-0.15, -0.1) is 0 Å². The summed E-state index contributed by atoms with van der Waals surface area (Å²) in [4.78, 5) is 2.47. The average molecular weight is 142 g/mol. The van der Waals surface area contributed by atoms with Crippen LogP contribution in [0, 0.1) is 0 Å². The van der Waals surface area contributed by atoms with Gasteiger partial charge in [0.25, 0.3) is 0 Å². The molecule has 2 heterocycles. The SMILES string of the molecule is ONC1CCN2CCCC12. The van der Waals surface area contributed by atoms with Crippen molar-refractivity contribution in [2.45, 2.75) is 31.3 Å². The maximum atomic E-state index is 8.74. The van der Waals surface area contributed by atoms with Gasteiger partial charge in [-0.2, -0.15) is 0 Å². The van der Waals surface area contributed by atoms with Crippen LogP contribution in [-0.2, 0) is 0 Å². The van der Waals surface area contributed by atoms with Crippen LogP contribution in [0.2, 0.25) is 0 Å². The van der Waals surface area contributed by atoms with Gasteiger partial charge in [0.1, 0.15) is 0 Å². The van der Waals surface area contributed by atoms with E-state index in [1.807, 2.05) is 0 Å². The summed E-state index contributed by atoms with van der Waals surface area (Å²) in [5.74, 6) is 0. The minimum absolute atomic E-state index is 0.350. The molecule has 0 aromatic heterocycles. The van der Waals surface area contributed by atoms with Crippen LogP contribution in [0.25, 0.3) is 0 Å². The zero-order valence-corrected chi connectivity index (χ0v) is 6.08. The molecule has 2 aliphatic heterocycles. The van der Waals surface area contributed by atoms with Crippen LogP contribution in [0.5, 0.6) is 0 Å². The molecule has 10 heavy (non-hydrogen) atoms. The summed E-state index contributed by atoms with van der Waals surface area (Å²) in [6, 6.07) is 0.979. The Kier molecular flexibility index (Phi) is 1.64. The van der Waals surface area contributed by atoms with E-state index in [4.69, 9.17) is 5.21 Å². The molecule has 0 bridgehead atoms. The van der Waals surface area contributed by atoms with Gasteiger partial charge in [0.2, 0.25) is 0 Å². The highest BCUT2D eigenvalue weighted by atomic mass is 16.5. The molecule has 2 fully saturated rings. The van der Waals surface area contributed by atoms with Crippen LogP contribution in [0.15, 0.2) is 0 Å². The second-order valence-corrected chi connectivity index (χ2v) is 3.27. The van der Waals surface area contributed by atoms with Crippen LogP contribution in [0.1, 0.15) is 19.3 Å². The van der Waals surface area contributed by atoms with Crippen LogP contribution in [0.3, 0.4) is 0 Å². The fourth-order valence-corrected chi connectivity index (χ4v) is 2.23. The highest BCUT2D eigenvalue weighted by Gasteiger charge is 2.36. The molecule has 58 valence electrons. The normalized spacial score (nSPS) is 40.5. The van der Waals surface area contributed by atoms with Crippen LogP contribution in [-0.4, -0.2) is 35.3 Å². The smallest absolute Gasteiger partial charge is 0.0487 e. The van der Waals surface area contributed by atoms with Gasteiger partial charge in [0.05, 0.1) is 0 Å². The van der Waals surface area contributed by atoms with E-state index in [9.17, 15) is 0 Å². The molecular formula is C7H14N2O. The third kappa shape index (κ3) is 0.856. The van der Waals surface area contributed by atoms with Crippen molar-refractivity contribution in [3.05, 3.63) is 0 Å². The summed E-state index contributed by atoms with van der Waals surface area (Å²) in [6.07, 6.45) is 3.68. The Morgan fingerprint density at radius 1 is 1.30 bits per heavy atom. The monoisotopic (exact) mass is 142 g/mol. The van der Waals surface area contributed by atoms with E-state index >= 15 is 0 Å². The molecule has 0 amide bonds. The van der Waals surface area contributed by atoms with E-state index in [1.54, 1.807) is 0 Å².